The van der Waals surface area contributed by atoms with Crippen LogP contribution in [0.3, 0.4) is 0 Å². The highest BCUT2D eigenvalue weighted by atomic mass is 35.5. The van der Waals surface area contributed by atoms with E-state index in [2.05, 4.69) is 5.32 Å². The van der Waals surface area contributed by atoms with Crippen LogP contribution in [0.15, 0.2) is 18.2 Å². The molecule has 1 amide bonds. The van der Waals surface area contributed by atoms with Gasteiger partial charge in [-0.05, 0) is 43.9 Å². The zero-order valence-electron chi connectivity index (χ0n) is 9.83. The maximum atomic E-state index is 12.0. The molecule has 0 spiro atoms. The number of aryl methyl sites for hydroxylation is 1. The normalized spacial score (nSPS) is 20.0. The SMILES string of the molecule is Cc1ccc(Cl)cc1NC(=O)C1CCCCO1. The van der Waals surface area contributed by atoms with Gasteiger partial charge in [-0.3, -0.25) is 4.79 Å². The first-order chi connectivity index (χ1) is 8.16. The van der Waals surface area contributed by atoms with Gasteiger partial charge < -0.3 is 10.1 Å². The van der Waals surface area contributed by atoms with Gasteiger partial charge in [-0.25, -0.2) is 0 Å². The summed E-state index contributed by atoms with van der Waals surface area (Å²) < 4.78 is 5.44. The first-order valence-corrected chi connectivity index (χ1v) is 6.23. The van der Waals surface area contributed by atoms with Crippen LogP contribution in [0.1, 0.15) is 24.8 Å². The van der Waals surface area contributed by atoms with Crippen LogP contribution in [0.5, 0.6) is 0 Å². The maximum Gasteiger partial charge on any atom is 0.253 e. The fraction of sp³-hybridized carbons (Fsp3) is 0.462. The van der Waals surface area contributed by atoms with E-state index in [1.807, 2.05) is 19.1 Å². The van der Waals surface area contributed by atoms with Gasteiger partial charge in [-0.15, -0.1) is 0 Å². The van der Waals surface area contributed by atoms with Gasteiger partial charge in [0.2, 0.25) is 0 Å². The monoisotopic (exact) mass is 253 g/mol. The summed E-state index contributed by atoms with van der Waals surface area (Å²) in [5.74, 6) is -0.0740. The van der Waals surface area contributed by atoms with Crippen molar-refractivity contribution in [3.05, 3.63) is 28.8 Å². The molecule has 3 nitrogen and oxygen atoms in total. The van der Waals surface area contributed by atoms with Crippen molar-refractivity contribution in [3.8, 4) is 0 Å². The zero-order valence-corrected chi connectivity index (χ0v) is 10.6. The van der Waals surface area contributed by atoms with Gasteiger partial charge in [0.1, 0.15) is 6.10 Å². The molecule has 1 fully saturated rings. The molecule has 1 saturated heterocycles. The Morgan fingerprint density at radius 2 is 2.29 bits per heavy atom. The Kier molecular flexibility index (Phi) is 4.02. The Labute approximate surface area is 106 Å². The molecule has 1 aliphatic rings. The standard InChI is InChI=1S/C13H16ClNO2/c1-9-5-6-10(14)8-11(9)15-13(16)12-4-2-3-7-17-12/h5-6,8,12H,2-4,7H2,1H3,(H,15,16). The Bertz CT molecular complexity index is 414. The molecule has 1 unspecified atom stereocenters. The lowest BCUT2D eigenvalue weighted by molar-refractivity contribution is -0.129. The van der Waals surface area contributed by atoms with E-state index < -0.39 is 0 Å². The Hall–Kier alpha value is -1.06. The van der Waals surface area contributed by atoms with E-state index in [0.29, 0.717) is 11.6 Å². The van der Waals surface area contributed by atoms with Gasteiger partial charge in [-0.1, -0.05) is 17.7 Å². The number of anilines is 1. The zero-order chi connectivity index (χ0) is 12.3. The third-order valence-electron chi connectivity index (χ3n) is 2.93. The van der Waals surface area contributed by atoms with E-state index in [-0.39, 0.29) is 12.0 Å². The molecule has 1 atom stereocenters. The van der Waals surface area contributed by atoms with Crippen molar-refractivity contribution in [2.45, 2.75) is 32.3 Å². The highest BCUT2D eigenvalue weighted by Gasteiger charge is 2.22. The topological polar surface area (TPSA) is 38.3 Å². The summed E-state index contributed by atoms with van der Waals surface area (Å²) in [4.78, 5) is 12.0. The number of halogens is 1. The van der Waals surface area contributed by atoms with Crippen LogP contribution >= 0.6 is 11.6 Å². The molecule has 0 bridgehead atoms. The molecule has 0 radical (unpaired) electrons. The van der Waals surface area contributed by atoms with Crippen molar-refractivity contribution in [2.75, 3.05) is 11.9 Å². The molecule has 17 heavy (non-hydrogen) atoms. The second kappa shape index (κ2) is 5.52. The summed E-state index contributed by atoms with van der Waals surface area (Å²) >= 11 is 5.90. The van der Waals surface area contributed by atoms with E-state index in [1.165, 1.54) is 0 Å². The van der Waals surface area contributed by atoms with Gasteiger partial charge >= 0.3 is 0 Å². The molecule has 92 valence electrons. The third kappa shape index (κ3) is 3.20. The average molecular weight is 254 g/mol. The van der Waals surface area contributed by atoms with Crippen LogP contribution in [0.4, 0.5) is 5.69 Å². The molecular formula is C13H16ClNO2. The van der Waals surface area contributed by atoms with E-state index in [4.69, 9.17) is 16.3 Å². The number of nitrogens with one attached hydrogen (secondary N) is 1. The summed E-state index contributed by atoms with van der Waals surface area (Å²) in [6, 6.07) is 5.46. The minimum absolute atomic E-state index is 0.0740. The van der Waals surface area contributed by atoms with Gasteiger partial charge in [0.05, 0.1) is 0 Å². The predicted octanol–water partition coefficient (Wildman–Crippen LogP) is 3.16. The Morgan fingerprint density at radius 1 is 1.47 bits per heavy atom. The first kappa shape index (κ1) is 12.4. The lowest BCUT2D eigenvalue weighted by Gasteiger charge is -2.22. The molecule has 1 aliphatic heterocycles. The van der Waals surface area contributed by atoms with Gasteiger partial charge in [0, 0.05) is 17.3 Å². The summed E-state index contributed by atoms with van der Waals surface area (Å²) in [5, 5.41) is 3.49. The highest BCUT2D eigenvalue weighted by molar-refractivity contribution is 6.31. The van der Waals surface area contributed by atoms with E-state index in [9.17, 15) is 4.79 Å². The Morgan fingerprint density at radius 3 is 3.00 bits per heavy atom. The second-order valence-corrected chi connectivity index (χ2v) is 4.74. The lowest BCUT2D eigenvalue weighted by atomic mass is 10.1. The van der Waals surface area contributed by atoms with Crippen LogP contribution in [0.25, 0.3) is 0 Å². The van der Waals surface area contributed by atoms with Crippen LogP contribution in [0, 0.1) is 6.92 Å². The summed E-state index contributed by atoms with van der Waals surface area (Å²) in [7, 11) is 0. The van der Waals surface area contributed by atoms with Crippen LogP contribution in [-0.2, 0) is 9.53 Å². The number of carbonyl (C=O) groups is 1. The molecule has 0 saturated carbocycles. The highest BCUT2D eigenvalue weighted by Crippen LogP contribution is 2.21. The molecule has 4 heteroatoms. The second-order valence-electron chi connectivity index (χ2n) is 4.30. The number of hydrogen-bond donors (Lipinski definition) is 1. The fourth-order valence-electron chi connectivity index (χ4n) is 1.89. The summed E-state index contributed by atoms with van der Waals surface area (Å²) in [6.07, 6.45) is 2.57. The number of amides is 1. The van der Waals surface area contributed by atoms with Crippen LogP contribution in [0.2, 0.25) is 5.02 Å². The van der Waals surface area contributed by atoms with Crippen molar-refractivity contribution >= 4 is 23.2 Å². The molecule has 1 N–H and O–H groups in total. The lowest BCUT2D eigenvalue weighted by Crippen LogP contribution is -2.33. The summed E-state index contributed by atoms with van der Waals surface area (Å²) in [6.45, 7) is 2.61. The minimum Gasteiger partial charge on any atom is -0.368 e. The van der Waals surface area contributed by atoms with E-state index in [0.717, 1.165) is 30.5 Å². The first-order valence-electron chi connectivity index (χ1n) is 5.85. The molecule has 0 aromatic heterocycles. The smallest absolute Gasteiger partial charge is 0.253 e. The Balaban J connectivity index is 2.04. The largest absolute Gasteiger partial charge is 0.368 e. The molecule has 1 heterocycles. The van der Waals surface area contributed by atoms with Gasteiger partial charge in [0.15, 0.2) is 0 Å². The third-order valence-corrected chi connectivity index (χ3v) is 3.16. The minimum atomic E-state index is -0.317. The summed E-state index contributed by atoms with van der Waals surface area (Å²) in [5.41, 5.74) is 1.76. The predicted molar refractivity (Wildman–Crippen MR) is 68.4 cm³/mol. The van der Waals surface area contributed by atoms with Gasteiger partial charge in [-0.2, -0.15) is 0 Å². The molecule has 0 aliphatic carbocycles. The molecule has 2 rings (SSSR count). The number of benzene rings is 1. The van der Waals surface area contributed by atoms with Crippen molar-refractivity contribution in [2.24, 2.45) is 0 Å². The van der Waals surface area contributed by atoms with E-state index in [1.54, 1.807) is 6.07 Å². The van der Waals surface area contributed by atoms with Crippen LogP contribution in [-0.4, -0.2) is 18.6 Å². The van der Waals surface area contributed by atoms with Crippen molar-refractivity contribution in [3.63, 3.8) is 0 Å². The van der Waals surface area contributed by atoms with Crippen molar-refractivity contribution in [1.82, 2.24) is 0 Å². The quantitative estimate of drug-likeness (QED) is 0.879. The molecular weight excluding hydrogens is 238 g/mol. The van der Waals surface area contributed by atoms with E-state index >= 15 is 0 Å². The van der Waals surface area contributed by atoms with Crippen molar-refractivity contribution in [1.29, 1.82) is 0 Å². The fourth-order valence-corrected chi connectivity index (χ4v) is 2.06. The number of rotatable bonds is 2. The maximum absolute atomic E-state index is 12.0. The molecule has 1 aromatic rings. The van der Waals surface area contributed by atoms with Crippen LogP contribution < -0.4 is 5.32 Å². The van der Waals surface area contributed by atoms with Crippen molar-refractivity contribution < 1.29 is 9.53 Å². The molecule has 1 aromatic carbocycles. The number of ether oxygens (including phenoxy) is 1. The van der Waals surface area contributed by atoms with Gasteiger partial charge in [0.25, 0.3) is 5.91 Å². The number of carbonyl (C=O) groups excluding carboxylic acids is 1. The number of hydrogen-bond acceptors (Lipinski definition) is 2. The average Bonchev–Trinajstić information content (AvgIpc) is 2.35.